The van der Waals surface area contributed by atoms with Gasteiger partial charge in [-0.25, -0.2) is 0 Å². The molecule has 0 rings (SSSR count). The zero-order valence-corrected chi connectivity index (χ0v) is 23.7. The molecule has 0 N–H and O–H groups in total. The van der Waals surface area contributed by atoms with E-state index in [1.807, 2.05) is 13.8 Å². The number of Topliss-reactive ketones (excluding diaryl/α,β-unsaturated/α-hetero) is 1. The van der Waals surface area contributed by atoms with E-state index in [4.69, 9.17) is 37.9 Å². The van der Waals surface area contributed by atoms with Gasteiger partial charge >= 0.3 is 0 Å². The first-order valence-corrected chi connectivity index (χ1v) is 13.5. The second kappa shape index (κ2) is 26.0. The topological polar surface area (TPSA) is 90.9 Å². The van der Waals surface area contributed by atoms with E-state index in [1.165, 1.54) is 6.42 Å². The van der Waals surface area contributed by atoms with E-state index in [0.29, 0.717) is 111 Å². The largest absolute Gasteiger partial charge is 0.379 e. The lowest BCUT2D eigenvalue weighted by Crippen LogP contribution is -2.15. The molecule has 0 aliphatic heterocycles. The molecule has 0 aromatic rings. The van der Waals surface area contributed by atoms with Crippen LogP contribution in [0.15, 0.2) is 0 Å². The van der Waals surface area contributed by atoms with E-state index in [0.717, 1.165) is 13.0 Å². The Bertz CT molecular complexity index is 467. The van der Waals surface area contributed by atoms with Crippen LogP contribution in [-0.4, -0.2) is 111 Å². The van der Waals surface area contributed by atoms with Gasteiger partial charge in [-0.15, -0.1) is 0 Å². The highest BCUT2D eigenvalue weighted by Gasteiger charge is 2.08. The molecule has 0 saturated heterocycles. The number of hydrogen-bond donors (Lipinski definition) is 0. The molecule has 0 unspecified atom stereocenters. The first-order valence-electron chi connectivity index (χ1n) is 13.5. The van der Waals surface area contributed by atoms with Crippen LogP contribution in [-0.2, 0) is 42.7 Å². The smallest absolute Gasteiger partial charge is 0.137 e. The van der Waals surface area contributed by atoms with Gasteiger partial charge in [0.15, 0.2) is 0 Å². The number of ether oxygens (including phenoxy) is 8. The summed E-state index contributed by atoms with van der Waals surface area (Å²) in [6, 6.07) is 0. The number of ketones is 1. The second-order valence-electron chi connectivity index (χ2n) is 9.93. The lowest BCUT2D eigenvalue weighted by molar-refractivity contribution is -0.123. The number of hydrogen-bond acceptors (Lipinski definition) is 9. The lowest BCUT2D eigenvalue weighted by atomic mass is 9.91. The summed E-state index contributed by atoms with van der Waals surface area (Å²) in [6.45, 7) is 19.3. The predicted octanol–water partition coefficient (Wildman–Crippen LogP) is 3.56. The lowest BCUT2D eigenvalue weighted by Gasteiger charge is -2.17. The van der Waals surface area contributed by atoms with Gasteiger partial charge in [0.25, 0.3) is 0 Å². The van der Waals surface area contributed by atoms with Crippen molar-refractivity contribution in [3.8, 4) is 0 Å². The predicted molar refractivity (Wildman–Crippen MR) is 140 cm³/mol. The highest BCUT2D eigenvalue weighted by Crippen LogP contribution is 2.20. The fraction of sp³-hybridized carbons (Fsp3) is 0.963. The second-order valence-corrected chi connectivity index (χ2v) is 9.93. The van der Waals surface area contributed by atoms with E-state index in [-0.39, 0.29) is 11.7 Å². The minimum absolute atomic E-state index is 0.0682. The summed E-state index contributed by atoms with van der Waals surface area (Å²) in [6.07, 6.45) is 2.72. The molecule has 0 radical (unpaired) electrons. The van der Waals surface area contributed by atoms with Gasteiger partial charge in [-0.1, -0.05) is 34.6 Å². The van der Waals surface area contributed by atoms with Crippen molar-refractivity contribution >= 4 is 5.78 Å². The Morgan fingerprint density at radius 1 is 0.500 bits per heavy atom. The maximum absolute atomic E-state index is 11.4. The van der Waals surface area contributed by atoms with Crippen LogP contribution in [0.25, 0.3) is 0 Å². The zero-order valence-electron chi connectivity index (χ0n) is 23.7. The Labute approximate surface area is 219 Å². The third-order valence-electron chi connectivity index (χ3n) is 4.96. The van der Waals surface area contributed by atoms with E-state index in [9.17, 15) is 4.79 Å². The van der Waals surface area contributed by atoms with Gasteiger partial charge in [0, 0.05) is 18.9 Å². The summed E-state index contributed by atoms with van der Waals surface area (Å²) in [5, 5.41) is 0. The molecule has 9 nitrogen and oxygen atoms in total. The van der Waals surface area contributed by atoms with Crippen LogP contribution in [0.1, 0.15) is 53.9 Å². The maximum atomic E-state index is 11.4. The van der Waals surface area contributed by atoms with Crippen molar-refractivity contribution in [2.24, 2.45) is 11.3 Å². The van der Waals surface area contributed by atoms with E-state index in [1.54, 1.807) is 0 Å². The molecular weight excluding hydrogens is 468 g/mol. The van der Waals surface area contributed by atoms with Crippen LogP contribution in [0.4, 0.5) is 0 Å². The molecule has 0 bridgehead atoms. The van der Waals surface area contributed by atoms with Crippen molar-refractivity contribution in [2.45, 2.75) is 53.9 Å². The average molecular weight is 523 g/mol. The normalized spacial score (nSPS) is 12.1. The van der Waals surface area contributed by atoms with Gasteiger partial charge in [0.05, 0.1) is 99.1 Å². The quantitative estimate of drug-likeness (QED) is 0.143. The Hall–Kier alpha value is -0.650. The minimum atomic E-state index is 0.0682. The third-order valence-corrected chi connectivity index (χ3v) is 4.96. The van der Waals surface area contributed by atoms with Crippen LogP contribution < -0.4 is 0 Å². The highest BCUT2D eigenvalue weighted by atomic mass is 16.6. The van der Waals surface area contributed by atoms with E-state index in [2.05, 4.69) is 20.8 Å². The average Bonchev–Trinajstić information content (AvgIpc) is 2.82. The standard InChI is InChI=1S/C27H54O9/c1-25(2)26(28)7-10-30-12-14-32-16-18-34-20-22-36-24-23-35-21-19-33-17-15-31-13-11-29-9-6-8-27(3,4)5/h25H,6-24H2,1-5H3. The molecule has 0 spiro atoms. The molecule has 0 aromatic heterocycles. The fourth-order valence-electron chi connectivity index (χ4n) is 2.81. The Balaban J connectivity index is 3.08. The van der Waals surface area contributed by atoms with Gasteiger partial charge in [0.2, 0.25) is 0 Å². The van der Waals surface area contributed by atoms with Crippen molar-refractivity contribution in [2.75, 3.05) is 106 Å². The number of carbonyl (C=O) groups excluding carboxylic acids is 1. The molecule has 0 atom stereocenters. The summed E-state index contributed by atoms with van der Waals surface area (Å²) in [7, 11) is 0. The van der Waals surface area contributed by atoms with Crippen molar-refractivity contribution in [1.29, 1.82) is 0 Å². The van der Waals surface area contributed by atoms with Crippen molar-refractivity contribution in [3.05, 3.63) is 0 Å². The maximum Gasteiger partial charge on any atom is 0.137 e. The van der Waals surface area contributed by atoms with Gasteiger partial charge in [-0.2, -0.15) is 0 Å². The molecule has 0 amide bonds. The van der Waals surface area contributed by atoms with Crippen LogP contribution in [0.5, 0.6) is 0 Å². The summed E-state index contributed by atoms with van der Waals surface area (Å²) in [5.74, 6) is 0.294. The van der Waals surface area contributed by atoms with E-state index < -0.39 is 0 Å². The monoisotopic (exact) mass is 522 g/mol. The molecule has 9 heteroatoms. The molecule has 0 heterocycles. The van der Waals surface area contributed by atoms with Crippen LogP contribution in [0.3, 0.4) is 0 Å². The molecule has 0 aromatic carbocycles. The molecule has 0 saturated carbocycles. The van der Waals surface area contributed by atoms with Crippen LogP contribution in [0.2, 0.25) is 0 Å². The molecule has 216 valence electrons. The van der Waals surface area contributed by atoms with Crippen LogP contribution >= 0.6 is 0 Å². The van der Waals surface area contributed by atoms with Gasteiger partial charge < -0.3 is 37.9 Å². The fourth-order valence-corrected chi connectivity index (χ4v) is 2.81. The third kappa shape index (κ3) is 29.6. The summed E-state index contributed by atoms with van der Waals surface area (Å²) in [4.78, 5) is 11.4. The molecule has 0 aliphatic rings. The number of carbonyl (C=O) groups is 1. The Morgan fingerprint density at radius 3 is 1.06 bits per heavy atom. The first-order chi connectivity index (χ1) is 17.3. The summed E-state index contributed by atoms with van der Waals surface area (Å²) in [5.41, 5.74) is 0.370. The Morgan fingerprint density at radius 2 is 0.778 bits per heavy atom. The van der Waals surface area contributed by atoms with Crippen LogP contribution in [0, 0.1) is 11.3 Å². The van der Waals surface area contributed by atoms with Crippen molar-refractivity contribution in [3.63, 3.8) is 0 Å². The summed E-state index contributed by atoms with van der Waals surface area (Å²) >= 11 is 0. The van der Waals surface area contributed by atoms with E-state index >= 15 is 0 Å². The number of rotatable bonds is 28. The first kappa shape index (κ1) is 35.4. The summed E-state index contributed by atoms with van der Waals surface area (Å²) < 4.78 is 43.7. The van der Waals surface area contributed by atoms with Gasteiger partial charge in [-0.05, 0) is 18.3 Å². The molecule has 0 aliphatic carbocycles. The Kier molecular flexibility index (Phi) is 25.5. The minimum Gasteiger partial charge on any atom is -0.379 e. The molecular formula is C27H54O9. The SMILES string of the molecule is CC(C)C(=O)CCOCCOCCOCCOCCOCCOCCOCCOCCCC(C)(C)C. The highest BCUT2D eigenvalue weighted by molar-refractivity contribution is 5.80. The van der Waals surface area contributed by atoms with Crippen molar-refractivity contribution in [1.82, 2.24) is 0 Å². The zero-order chi connectivity index (χ0) is 26.7. The molecule has 0 fully saturated rings. The van der Waals surface area contributed by atoms with Gasteiger partial charge in [-0.3, -0.25) is 4.79 Å². The van der Waals surface area contributed by atoms with Gasteiger partial charge in [0.1, 0.15) is 5.78 Å². The van der Waals surface area contributed by atoms with Crippen molar-refractivity contribution < 1.29 is 42.7 Å². The molecule has 36 heavy (non-hydrogen) atoms.